The third-order valence-corrected chi connectivity index (χ3v) is 8.17. The van der Waals surface area contributed by atoms with Crippen molar-refractivity contribution in [3.63, 3.8) is 0 Å². The number of nitriles is 1. The molecule has 234 valence electrons. The predicted molar refractivity (Wildman–Crippen MR) is 167 cm³/mol. The van der Waals surface area contributed by atoms with Crippen LogP contribution in [0.15, 0.2) is 24.3 Å². The number of carbonyl (C=O) groups is 3. The number of ether oxygens (including phenoxy) is 1. The fraction of sp³-hybridized carbons (Fsp3) is 0.606. The van der Waals surface area contributed by atoms with E-state index in [-0.39, 0.29) is 29.8 Å². The molecule has 1 N–H and O–H groups in total. The molecule has 0 radical (unpaired) electrons. The van der Waals surface area contributed by atoms with Crippen LogP contribution in [0.5, 0.6) is 0 Å². The number of rotatable bonds is 5. The number of hydrogen-bond acceptors (Lipinski definition) is 6. The summed E-state index contributed by atoms with van der Waals surface area (Å²) in [7, 11) is 1.64. The monoisotopic (exact) mass is 592 g/mol. The maximum absolute atomic E-state index is 13.2. The van der Waals surface area contributed by atoms with Crippen LogP contribution in [0.4, 0.5) is 5.82 Å². The lowest BCUT2D eigenvalue weighted by Gasteiger charge is -2.31. The Hall–Kier alpha value is -3.71. The number of carbonyl (C=O) groups excluding carboxylic acids is 3. The van der Waals surface area contributed by atoms with Crippen LogP contribution >= 0.6 is 0 Å². The van der Waals surface area contributed by atoms with Crippen molar-refractivity contribution in [2.75, 3.05) is 38.3 Å². The Morgan fingerprint density at radius 1 is 1.07 bits per heavy atom. The lowest BCUT2D eigenvalue weighted by molar-refractivity contribution is -0.118. The van der Waals surface area contributed by atoms with Crippen molar-refractivity contribution >= 4 is 23.5 Å². The number of likely N-dealkylation sites (tertiary alicyclic amines) is 1. The number of aryl methyl sites for hydroxylation is 1. The van der Waals surface area contributed by atoms with E-state index >= 15 is 0 Å². The molecule has 3 aliphatic heterocycles. The highest BCUT2D eigenvalue weighted by atomic mass is 16.5. The number of hydrogen-bond donors (Lipinski definition) is 1. The van der Waals surface area contributed by atoms with Crippen molar-refractivity contribution in [1.29, 1.82) is 5.26 Å². The van der Waals surface area contributed by atoms with E-state index in [0.717, 1.165) is 55.6 Å². The quantitative estimate of drug-likeness (QED) is 0.517. The molecule has 0 bridgehead atoms. The first-order chi connectivity index (χ1) is 20.9. The van der Waals surface area contributed by atoms with Gasteiger partial charge >= 0.3 is 0 Å². The first-order valence-electron chi connectivity index (χ1n) is 15.8. The minimum atomic E-state index is -0.0229. The zero-order chi connectivity index (χ0) is 31.4. The number of anilines is 1. The van der Waals surface area contributed by atoms with Gasteiger partial charge in [-0.3, -0.25) is 19.3 Å². The Morgan fingerprint density at radius 3 is 2.33 bits per heavy atom. The zero-order valence-electron chi connectivity index (χ0n) is 26.3. The molecular weight excluding hydrogens is 544 g/mol. The lowest BCUT2D eigenvalue weighted by Crippen LogP contribution is -2.38. The molecule has 4 heterocycles. The first kappa shape index (κ1) is 33.8. The minimum absolute atomic E-state index is 0.0229. The number of fused-ring (bicyclic) bond motifs is 1. The lowest BCUT2D eigenvalue weighted by atomic mass is 10.0. The first-order valence-corrected chi connectivity index (χ1v) is 15.8. The fourth-order valence-electron chi connectivity index (χ4n) is 5.59. The third kappa shape index (κ3) is 8.66. The Labute approximate surface area is 256 Å². The molecule has 1 unspecified atom stereocenters. The second-order valence-electron chi connectivity index (χ2n) is 11.3. The SMILES string of the molecule is C#N.C1CC1.CCN1C(=O)CCc2c(C(=O)N3CCCC3C)nn(C3CCOCC3)c21.CCc1cccc(C(=O)NC)c1. The predicted octanol–water partition coefficient (Wildman–Crippen LogP) is 5.08. The van der Waals surface area contributed by atoms with Crippen LogP contribution < -0.4 is 10.2 Å². The van der Waals surface area contributed by atoms with Gasteiger partial charge in [-0.05, 0) is 70.1 Å². The second kappa shape index (κ2) is 16.8. The maximum atomic E-state index is 13.2. The van der Waals surface area contributed by atoms with E-state index in [1.807, 2.05) is 45.7 Å². The zero-order valence-corrected chi connectivity index (χ0v) is 26.3. The Morgan fingerprint density at radius 2 is 1.77 bits per heavy atom. The van der Waals surface area contributed by atoms with Crippen LogP contribution in [0.25, 0.3) is 0 Å². The molecule has 3 fully saturated rings. The fourth-order valence-corrected chi connectivity index (χ4v) is 5.59. The van der Waals surface area contributed by atoms with Crippen LogP contribution in [0.3, 0.4) is 0 Å². The van der Waals surface area contributed by atoms with Gasteiger partial charge in [0.15, 0.2) is 5.69 Å². The second-order valence-corrected chi connectivity index (χ2v) is 11.3. The molecule has 4 aliphatic rings. The maximum Gasteiger partial charge on any atom is 0.274 e. The van der Waals surface area contributed by atoms with Gasteiger partial charge in [0, 0.05) is 63.5 Å². The Bertz CT molecular complexity index is 1240. The molecule has 6 rings (SSSR count). The van der Waals surface area contributed by atoms with E-state index in [4.69, 9.17) is 15.1 Å². The van der Waals surface area contributed by atoms with Crippen molar-refractivity contribution in [3.8, 4) is 6.57 Å². The number of benzene rings is 1. The normalized spacial score (nSPS) is 19.0. The van der Waals surface area contributed by atoms with Crippen molar-refractivity contribution in [3.05, 3.63) is 46.6 Å². The third-order valence-electron chi connectivity index (χ3n) is 8.17. The van der Waals surface area contributed by atoms with Gasteiger partial charge in [0.05, 0.1) is 6.04 Å². The molecular formula is C33H48N6O4. The number of nitrogens with one attached hydrogen (secondary N) is 1. The smallest absolute Gasteiger partial charge is 0.274 e. The van der Waals surface area contributed by atoms with E-state index < -0.39 is 0 Å². The van der Waals surface area contributed by atoms with Gasteiger partial charge in [-0.25, -0.2) is 9.94 Å². The highest BCUT2D eigenvalue weighted by Crippen LogP contribution is 2.36. The molecule has 1 saturated carbocycles. The van der Waals surface area contributed by atoms with Crippen molar-refractivity contribution in [2.45, 2.75) is 97.1 Å². The molecule has 1 aromatic heterocycles. The van der Waals surface area contributed by atoms with Gasteiger partial charge in [-0.15, -0.1) is 0 Å². The summed E-state index contributed by atoms with van der Waals surface area (Å²) < 4.78 is 7.46. The van der Waals surface area contributed by atoms with Crippen molar-refractivity contribution in [2.24, 2.45) is 0 Å². The van der Waals surface area contributed by atoms with Crippen LogP contribution in [0, 0.1) is 11.8 Å². The summed E-state index contributed by atoms with van der Waals surface area (Å²) in [6.45, 7) is 12.5. The molecule has 1 atom stereocenters. The van der Waals surface area contributed by atoms with Gasteiger partial charge in [-0.1, -0.05) is 38.3 Å². The summed E-state index contributed by atoms with van der Waals surface area (Å²) in [6.07, 6.45) is 10.4. The van der Waals surface area contributed by atoms with Gasteiger partial charge in [0.25, 0.3) is 11.8 Å². The minimum Gasteiger partial charge on any atom is -0.381 e. The summed E-state index contributed by atoms with van der Waals surface area (Å²) in [6, 6.07) is 8.11. The van der Waals surface area contributed by atoms with Crippen LogP contribution in [-0.4, -0.2) is 71.8 Å². The topological polar surface area (TPSA) is 121 Å². The number of nitrogens with zero attached hydrogens (tertiary/aromatic N) is 5. The summed E-state index contributed by atoms with van der Waals surface area (Å²) >= 11 is 0. The van der Waals surface area contributed by atoms with E-state index in [1.165, 1.54) is 24.8 Å². The van der Waals surface area contributed by atoms with Gasteiger partial charge in [0.2, 0.25) is 5.91 Å². The average molecular weight is 593 g/mol. The summed E-state index contributed by atoms with van der Waals surface area (Å²) in [5, 5.41) is 13.9. The molecule has 10 nitrogen and oxygen atoms in total. The van der Waals surface area contributed by atoms with Crippen molar-refractivity contribution < 1.29 is 19.1 Å². The standard InChI is InChI=1S/C19H28N4O3.C10H13NO.C3H6.CHN/c1-3-21-16(24)7-6-15-17(19(25)22-10-4-5-13(22)2)20-23(18(15)21)14-8-11-26-12-9-14;1-3-8-5-4-6-9(7-8)10(12)11-2;1-2-3-1;1-2/h13-14H,3-12H2,1-2H3;4-7H,3H2,1-2H3,(H,11,12);1-3H2;1H. The Balaban J connectivity index is 0.000000247. The molecule has 0 spiro atoms. The molecule has 3 amide bonds. The molecule has 2 aromatic rings. The van der Waals surface area contributed by atoms with Gasteiger partial charge in [-0.2, -0.15) is 5.10 Å². The summed E-state index contributed by atoms with van der Waals surface area (Å²) in [5.41, 5.74) is 3.45. The highest BCUT2D eigenvalue weighted by molar-refractivity contribution is 6.01. The molecule has 43 heavy (non-hydrogen) atoms. The number of aromatic nitrogens is 2. The summed E-state index contributed by atoms with van der Waals surface area (Å²) in [5.74, 6) is 0.986. The summed E-state index contributed by atoms with van der Waals surface area (Å²) in [4.78, 5) is 40.6. The van der Waals surface area contributed by atoms with Gasteiger partial charge < -0.3 is 15.0 Å². The number of amides is 3. The van der Waals surface area contributed by atoms with Crippen LogP contribution in [0.2, 0.25) is 0 Å². The van der Waals surface area contributed by atoms with E-state index in [1.54, 1.807) is 7.05 Å². The molecule has 10 heteroatoms. The molecule has 2 saturated heterocycles. The highest BCUT2D eigenvalue weighted by Gasteiger charge is 2.37. The largest absolute Gasteiger partial charge is 0.381 e. The molecule has 1 aromatic carbocycles. The molecule has 1 aliphatic carbocycles. The van der Waals surface area contributed by atoms with E-state index in [2.05, 4.69) is 25.7 Å². The van der Waals surface area contributed by atoms with Gasteiger partial charge in [0.1, 0.15) is 5.82 Å². The van der Waals surface area contributed by atoms with E-state index in [9.17, 15) is 14.4 Å². The van der Waals surface area contributed by atoms with Crippen LogP contribution in [-0.2, 0) is 22.4 Å². The Kier molecular flexibility index (Phi) is 13.2. The van der Waals surface area contributed by atoms with E-state index in [0.29, 0.717) is 38.3 Å². The van der Waals surface area contributed by atoms with Crippen LogP contribution in [0.1, 0.15) is 110 Å². The average Bonchev–Trinajstić information content (AvgIpc) is 3.81. The van der Waals surface area contributed by atoms with Crippen molar-refractivity contribution in [1.82, 2.24) is 20.0 Å².